The summed E-state index contributed by atoms with van der Waals surface area (Å²) < 4.78 is 0. The average Bonchev–Trinajstić information content (AvgIpc) is 2.61. The number of amides is 1. The Bertz CT molecular complexity index is 582. The lowest BCUT2D eigenvalue weighted by molar-refractivity contribution is -0.121. The highest BCUT2D eigenvalue weighted by molar-refractivity contribution is 6.13. The van der Waals surface area contributed by atoms with Crippen molar-refractivity contribution in [2.24, 2.45) is 5.10 Å². The van der Waals surface area contributed by atoms with Gasteiger partial charge in [0.25, 0.3) is 0 Å². The summed E-state index contributed by atoms with van der Waals surface area (Å²) in [6.07, 6.45) is 8.29. The normalized spacial score (nSPS) is 11.3. The highest BCUT2D eigenvalue weighted by Gasteiger charge is 2.08. The van der Waals surface area contributed by atoms with E-state index in [-0.39, 0.29) is 5.91 Å². The highest BCUT2D eigenvalue weighted by Crippen LogP contribution is 2.10. The monoisotopic (exact) mass is 309 g/mol. The van der Waals surface area contributed by atoms with Gasteiger partial charge in [-0.05, 0) is 18.6 Å². The third-order valence-corrected chi connectivity index (χ3v) is 3.55. The van der Waals surface area contributed by atoms with E-state index in [1.54, 1.807) is 12.4 Å². The number of benzene rings is 1. The lowest BCUT2D eigenvalue weighted by Crippen LogP contribution is -2.20. The third-order valence-electron chi connectivity index (χ3n) is 3.55. The predicted octanol–water partition coefficient (Wildman–Crippen LogP) is 3.92. The minimum absolute atomic E-state index is 0.0383. The molecule has 2 rings (SSSR count). The van der Waals surface area contributed by atoms with Crippen molar-refractivity contribution in [3.63, 3.8) is 0 Å². The molecular formula is C19H23N3O. The van der Waals surface area contributed by atoms with Gasteiger partial charge in [0.1, 0.15) is 0 Å². The summed E-state index contributed by atoms with van der Waals surface area (Å²) in [7, 11) is 0. The number of carbonyl (C=O) groups is 1. The summed E-state index contributed by atoms with van der Waals surface area (Å²) >= 11 is 0. The molecule has 2 aromatic rings. The molecule has 0 bridgehead atoms. The molecule has 0 saturated heterocycles. The Morgan fingerprint density at radius 1 is 1.00 bits per heavy atom. The molecule has 120 valence electrons. The smallest absolute Gasteiger partial charge is 0.240 e. The maximum Gasteiger partial charge on any atom is 0.240 e. The SMILES string of the molecule is CCCCCCC(=O)NN=C(c1ccccc1)c1ccncc1. The van der Waals surface area contributed by atoms with Crippen LogP contribution in [0.15, 0.2) is 60.0 Å². The molecule has 0 aliphatic carbocycles. The van der Waals surface area contributed by atoms with Crippen molar-refractivity contribution in [1.82, 2.24) is 10.4 Å². The topological polar surface area (TPSA) is 54.4 Å². The number of rotatable bonds is 8. The summed E-state index contributed by atoms with van der Waals surface area (Å²) in [4.78, 5) is 16.0. The Kier molecular flexibility index (Phi) is 6.98. The largest absolute Gasteiger partial charge is 0.273 e. The number of nitrogens with zero attached hydrogens (tertiary/aromatic N) is 2. The lowest BCUT2D eigenvalue weighted by Gasteiger charge is -2.07. The number of pyridine rings is 1. The minimum Gasteiger partial charge on any atom is -0.273 e. The van der Waals surface area contributed by atoms with Crippen molar-refractivity contribution >= 4 is 11.6 Å². The molecule has 1 N–H and O–H groups in total. The van der Waals surface area contributed by atoms with Crippen LogP contribution in [0.1, 0.15) is 50.2 Å². The zero-order valence-corrected chi connectivity index (χ0v) is 13.5. The molecule has 4 heteroatoms. The molecule has 0 saturated carbocycles. The molecule has 1 aromatic heterocycles. The fourth-order valence-corrected chi connectivity index (χ4v) is 2.29. The Labute approximate surface area is 137 Å². The van der Waals surface area contributed by atoms with Crippen LogP contribution in [0.3, 0.4) is 0 Å². The van der Waals surface area contributed by atoms with E-state index in [4.69, 9.17) is 0 Å². The Balaban J connectivity index is 2.07. The number of hydrogen-bond donors (Lipinski definition) is 1. The molecule has 0 unspecified atom stereocenters. The summed E-state index contributed by atoms with van der Waals surface area (Å²) in [6.45, 7) is 2.16. The second-order valence-electron chi connectivity index (χ2n) is 5.41. The van der Waals surface area contributed by atoms with Crippen LogP contribution in [0, 0.1) is 0 Å². The fraction of sp³-hybridized carbons (Fsp3) is 0.316. The molecule has 0 aliphatic rings. The number of unbranched alkanes of at least 4 members (excludes halogenated alkanes) is 3. The average molecular weight is 309 g/mol. The molecule has 4 nitrogen and oxygen atoms in total. The van der Waals surface area contributed by atoms with Gasteiger partial charge in [-0.25, -0.2) is 5.43 Å². The molecule has 23 heavy (non-hydrogen) atoms. The van der Waals surface area contributed by atoms with E-state index in [1.807, 2.05) is 42.5 Å². The van der Waals surface area contributed by atoms with Crippen LogP contribution in [0.5, 0.6) is 0 Å². The van der Waals surface area contributed by atoms with Gasteiger partial charge >= 0.3 is 0 Å². The number of carbonyl (C=O) groups excluding carboxylic acids is 1. The first-order chi connectivity index (χ1) is 11.3. The van der Waals surface area contributed by atoms with E-state index in [0.29, 0.717) is 6.42 Å². The van der Waals surface area contributed by atoms with Crippen LogP contribution in [0.25, 0.3) is 0 Å². The van der Waals surface area contributed by atoms with E-state index in [9.17, 15) is 4.79 Å². The Morgan fingerprint density at radius 3 is 2.39 bits per heavy atom. The molecule has 1 heterocycles. The van der Waals surface area contributed by atoms with Crippen LogP contribution in [-0.2, 0) is 4.79 Å². The predicted molar refractivity (Wildman–Crippen MR) is 93.2 cm³/mol. The van der Waals surface area contributed by atoms with Crippen molar-refractivity contribution in [3.05, 3.63) is 66.0 Å². The van der Waals surface area contributed by atoms with Crippen LogP contribution >= 0.6 is 0 Å². The molecule has 1 aromatic carbocycles. The number of hydrogen-bond acceptors (Lipinski definition) is 3. The third kappa shape index (κ3) is 5.66. The molecule has 0 fully saturated rings. The van der Waals surface area contributed by atoms with Crippen molar-refractivity contribution in [2.75, 3.05) is 0 Å². The van der Waals surface area contributed by atoms with Gasteiger partial charge in [-0.15, -0.1) is 0 Å². The summed E-state index contributed by atoms with van der Waals surface area (Å²) in [6, 6.07) is 13.6. The minimum atomic E-state index is -0.0383. The van der Waals surface area contributed by atoms with E-state index < -0.39 is 0 Å². The van der Waals surface area contributed by atoms with Crippen molar-refractivity contribution < 1.29 is 4.79 Å². The maximum atomic E-state index is 11.9. The van der Waals surface area contributed by atoms with E-state index in [1.165, 1.54) is 12.8 Å². The van der Waals surface area contributed by atoms with Crippen molar-refractivity contribution in [1.29, 1.82) is 0 Å². The molecule has 0 radical (unpaired) electrons. The fourth-order valence-electron chi connectivity index (χ4n) is 2.29. The first-order valence-electron chi connectivity index (χ1n) is 8.13. The van der Waals surface area contributed by atoms with Gasteiger partial charge in [-0.1, -0.05) is 56.5 Å². The summed E-state index contributed by atoms with van der Waals surface area (Å²) in [5.74, 6) is -0.0383. The van der Waals surface area contributed by atoms with Crippen molar-refractivity contribution in [2.45, 2.75) is 39.0 Å². The van der Waals surface area contributed by atoms with Gasteiger partial charge < -0.3 is 0 Å². The number of hydrazone groups is 1. The summed E-state index contributed by atoms with van der Waals surface area (Å²) in [5.41, 5.74) is 5.32. The van der Waals surface area contributed by atoms with E-state index in [2.05, 4.69) is 22.4 Å². The first-order valence-corrected chi connectivity index (χ1v) is 8.13. The lowest BCUT2D eigenvalue weighted by atomic mass is 10.0. The van der Waals surface area contributed by atoms with Crippen LogP contribution < -0.4 is 5.43 Å². The van der Waals surface area contributed by atoms with E-state index >= 15 is 0 Å². The molecule has 1 amide bonds. The standard InChI is InChI=1S/C19H23N3O/c1-2-3-4-8-11-18(23)21-22-19(16-9-6-5-7-10-16)17-12-14-20-15-13-17/h5-7,9-10,12-15H,2-4,8,11H2,1H3,(H,21,23). The summed E-state index contributed by atoms with van der Waals surface area (Å²) in [5, 5.41) is 4.35. The molecule has 0 spiro atoms. The first kappa shape index (κ1) is 16.9. The van der Waals surface area contributed by atoms with Crippen LogP contribution in [-0.4, -0.2) is 16.6 Å². The molecular weight excluding hydrogens is 286 g/mol. The van der Waals surface area contributed by atoms with Crippen LogP contribution in [0.4, 0.5) is 0 Å². The van der Waals surface area contributed by atoms with Crippen molar-refractivity contribution in [3.8, 4) is 0 Å². The second kappa shape index (κ2) is 9.51. The Hall–Kier alpha value is -2.49. The van der Waals surface area contributed by atoms with E-state index in [0.717, 1.165) is 29.7 Å². The number of aromatic nitrogens is 1. The maximum absolute atomic E-state index is 11.9. The second-order valence-corrected chi connectivity index (χ2v) is 5.41. The number of nitrogens with one attached hydrogen (secondary N) is 1. The zero-order valence-electron chi connectivity index (χ0n) is 13.5. The molecule has 0 aliphatic heterocycles. The van der Waals surface area contributed by atoms with Crippen LogP contribution in [0.2, 0.25) is 0 Å². The van der Waals surface area contributed by atoms with Gasteiger partial charge in [0.2, 0.25) is 5.91 Å². The quantitative estimate of drug-likeness (QED) is 0.456. The highest BCUT2D eigenvalue weighted by atomic mass is 16.2. The van der Waals surface area contributed by atoms with Gasteiger partial charge in [0.15, 0.2) is 0 Å². The van der Waals surface area contributed by atoms with Gasteiger partial charge in [0, 0.05) is 29.9 Å². The Morgan fingerprint density at radius 2 is 1.70 bits per heavy atom. The zero-order chi connectivity index (χ0) is 16.3. The molecule has 0 atom stereocenters. The van der Waals surface area contributed by atoms with Gasteiger partial charge in [-0.3, -0.25) is 9.78 Å². The van der Waals surface area contributed by atoms with Gasteiger partial charge in [-0.2, -0.15) is 5.10 Å². The van der Waals surface area contributed by atoms with Gasteiger partial charge in [0.05, 0.1) is 5.71 Å².